The lowest BCUT2D eigenvalue weighted by atomic mass is 10.0. The van der Waals surface area contributed by atoms with Gasteiger partial charge < -0.3 is 16.2 Å². The molecular formula is C12H17N3O4. The number of nitrogens with two attached hydrogens (primary N) is 1. The minimum atomic E-state index is -0.929. The highest BCUT2D eigenvalue weighted by atomic mass is 16.6. The lowest BCUT2D eigenvalue weighted by Gasteiger charge is -2.24. The quantitative estimate of drug-likeness (QED) is 0.511. The van der Waals surface area contributed by atoms with E-state index in [9.17, 15) is 20.0 Å². The highest BCUT2D eigenvalue weighted by molar-refractivity contribution is 5.83. The average Bonchev–Trinajstić information content (AvgIpc) is 2.36. The minimum Gasteiger partial charge on any atom is -0.387 e. The number of hydrogen-bond acceptors (Lipinski definition) is 5. The van der Waals surface area contributed by atoms with Gasteiger partial charge in [-0.1, -0.05) is 0 Å². The van der Waals surface area contributed by atoms with Crippen molar-refractivity contribution < 1.29 is 14.8 Å². The smallest absolute Gasteiger partial charge is 0.269 e. The fourth-order valence-electron chi connectivity index (χ4n) is 1.37. The number of rotatable bonds is 6. The Balaban J connectivity index is 2.66. The number of nitrogens with one attached hydrogen (secondary N) is 1. The second kappa shape index (κ2) is 5.77. The van der Waals surface area contributed by atoms with Crippen LogP contribution in [0, 0.1) is 10.1 Å². The summed E-state index contributed by atoms with van der Waals surface area (Å²) in [5.74, 6) is -0.525. The molecule has 0 bridgehead atoms. The van der Waals surface area contributed by atoms with Gasteiger partial charge in [-0.3, -0.25) is 14.9 Å². The van der Waals surface area contributed by atoms with E-state index in [1.54, 1.807) is 13.8 Å². The standard InChI is InChI=1S/C12H17N3O4/c1-12(2,11(13)17)14-7-10(16)8-3-5-9(6-4-8)15(18)19/h3-6,10,14,16H,7H2,1-2H3,(H2,13,17). The molecule has 104 valence electrons. The molecule has 0 saturated carbocycles. The van der Waals surface area contributed by atoms with E-state index < -0.39 is 22.5 Å². The molecule has 7 nitrogen and oxygen atoms in total. The van der Waals surface area contributed by atoms with Crippen molar-refractivity contribution in [2.75, 3.05) is 6.54 Å². The third kappa shape index (κ3) is 4.01. The fourth-order valence-corrected chi connectivity index (χ4v) is 1.37. The molecule has 1 rings (SSSR count). The average molecular weight is 267 g/mol. The van der Waals surface area contributed by atoms with Gasteiger partial charge in [0.2, 0.25) is 5.91 Å². The van der Waals surface area contributed by atoms with Gasteiger partial charge >= 0.3 is 0 Å². The molecule has 0 aromatic heterocycles. The van der Waals surface area contributed by atoms with Crippen molar-refractivity contribution in [3.8, 4) is 0 Å². The summed E-state index contributed by atoms with van der Waals surface area (Å²) in [5, 5.41) is 23.2. The van der Waals surface area contributed by atoms with Crippen LogP contribution in [-0.2, 0) is 4.79 Å². The van der Waals surface area contributed by atoms with E-state index in [4.69, 9.17) is 5.73 Å². The number of nitrogens with zero attached hydrogens (tertiary/aromatic N) is 1. The lowest BCUT2D eigenvalue weighted by Crippen LogP contribution is -2.51. The minimum absolute atomic E-state index is 0.0404. The van der Waals surface area contributed by atoms with Crippen LogP contribution in [0.1, 0.15) is 25.5 Å². The molecule has 0 aliphatic heterocycles. The number of carbonyl (C=O) groups excluding carboxylic acids is 1. The van der Waals surface area contributed by atoms with Crippen LogP contribution < -0.4 is 11.1 Å². The molecule has 0 aliphatic rings. The van der Waals surface area contributed by atoms with Crippen molar-refractivity contribution in [1.29, 1.82) is 0 Å². The first-order valence-electron chi connectivity index (χ1n) is 5.71. The molecule has 0 aliphatic carbocycles. The molecule has 1 unspecified atom stereocenters. The fraction of sp³-hybridized carbons (Fsp3) is 0.417. The van der Waals surface area contributed by atoms with Crippen LogP contribution >= 0.6 is 0 Å². The lowest BCUT2D eigenvalue weighted by molar-refractivity contribution is -0.384. The van der Waals surface area contributed by atoms with E-state index in [1.165, 1.54) is 24.3 Å². The Morgan fingerprint density at radius 2 is 2.00 bits per heavy atom. The number of hydrogen-bond donors (Lipinski definition) is 3. The van der Waals surface area contributed by atoms with Gasteiger partial charge in [0.25, 0.3) is 5.69 Å². The number of carbonyl (C=O) groups is 1. The summed E-state index contributed by atoms with van der Waals surface area (Å²) in [6, 6.07) is 5.58. The molecular weight excluding hydrogens is 250 g/mol. The van der Waals surface area contributed by atoms with Crippen molar-refractivity contribution in [2.24, 2.45) is 5.73 Å². The van der Waals surface area contributed by atoms with Gasteiger partial charge in [-0.25, -0.2) is 0 Å². The molecule has 4 N–H and O–H groups in total. The molecule has 0 heterocycles. The highest BCUT2D eigenvalue weighted by Gasteiger charge is 2.25. The molecule has 0 radical (unpaired) electrons. The second-order valence-corrected chi connectivity index (χ2v) is 4.73. The van der Waals surface area contributed by atoms with E-state index >= 15 is 0 Å². The predicted octanol–water partition coefficient (Wildman–Crippen LogP) is 0.482. The zero-order chi connectivity index (χ0) is 14.6. The van der Waals surface area contributed by atoms with Crippen LogP contribution in [-0.4, -0.2) is 28.0 Å². The van der Waals surface area contributed by atoms with Crippen LogP contribution in [0.5, 0.6) is 0 Å². The molecule has 0 fully saturated rings. The molecule has 19 heavy (non-hydrogen) atoms. The van der Waals surface area contributed by atoms with E-state index in [0.29, 0.717) is 5.56 Å². The van der Waals surface area contributed by atoms with Gasteiger partial charge in [-0.15, -0.1) is 0 Å². The third-order valence-corrected chi connectivity index (χ3v) is 2.84. The highest BCUT2D eigenvalue weighted by Crippen LogP contribution is 2.17. The van der Waals surface area contributed by atoms with Gasteiger partial charge in [-0.05, 0) is 31.5 Å². The summed E-state index contributed by atoms with van der Waals surface area (Å²) in [7, 11) is 0. The van der Waals surface area contributed by atoms with Crippen LogP contribution in [0.2, 0.25) is 0 Å². The largest absolute Gasteiger partial charge is 0.387 e. The van der Waals surface area contributed by atoms with Crippen LogP contribution in [0.25, 0.3) is 0 Å². The zero-order valence-electron chi connectivity index (χ0n) is 10.8. The van der Waals surface area contributed by atoms with Crippen molar-refractivity contribution in [2.45, 2.75) is 25.5 Å². The Bertz CT molecular complexity index is 470. The summed E-state index contributed by atoms with van der Waals surface area (Å²) in [4.78, 5) is 21.1. The first kappa shape index (κ1) is 15.1. The summed E-state index contributed by atoms with van der Waals surface area (Å²) in [6.07, 6.45) is -0.876. The normalized spacial score (nSPS) is 13.0. The Hall–Kier alpha value is -1.99. The maximum absolute atomic E-state index is 11.1. The van der Waals surface area contributed by atoms with E-state index in [1.807, 2.05) is 0 Å². The summed E-state index contributed by atoms with van der Waals surface area (Å²) in [6.45, 7) is 3.34. The number of aliphatic hydroxyl groups excluding tert-OH is 1. The number of aliphatic hydroxyl groups is 1. The van der Waals surface area contributed by atoms with Crippen LogP contribution in [0.3, 0.4) is 0 Å². The molecule has 1 aromatic rings. The van der Waals surface area contributed by atoms with Gasteiger partial charge in [0.1, 0.15) is 0 Å². The third-order valence-electron chi connectivity index (χ3n) is 2.84. The first-order valence-corrected chi connectivity index (χ1v) is 5.71. The Labute approximate surface area is 110 Å². The van der Waals surface area contributed by atoms with E-state index in [2.05, 4.69) is 5.32 Å². The predicted molar refractivity (Wildman–Crippen MR) is 69.3 cm³/mol. The summed E-state index contributed by atoms with van der Waals surface area (Å²) < 4.78 is 0. The van der Waals surface area contributed by atoms with E-state index in [0.717, 1.165) is 0 Å². The zero-order valence-corrected chi connectivity index (χ0v) is 10.8. The molecule has 7 heteroatoms. The van der Waals surface area contributed by atoms with Crippen molar-refractivity contribution in [1.82, 2.24) is 5.32 Å². The molecule has 0 spiro atoms. The number of primary amides is 1. The molecule has 1 atom stereocenters. The van der Waals surface area contributed by atoms with Crippen molar-refractivity contribution in [3.05, 3.63) is 39.9 Å². The Kier molecular flexibility index (Phi) is 4.57. The van der Waals surface area contributed by atoms with Gasteiger partial charge in [0.15, 0.2) is 0 Å². The monoisotopic (exact) mass is 267 g/mol. The number of benzene rings is 1. The second-order valence-electron chi connectivity index (χ2n) is 4.73. The van der Waals surface area contributed by atoms with Gasteiger partial charge in [-0.2, -0.15) is 0 Å². The number of non-ortho nitro benzene ring substituents is 1. The Morgan fingerprint density at radius 3 is 2.42 bits per heavy atom. The van der Waals surface area contributed by atoms with E-state index in [-0.39, 0.29) is 12.2 Å². The number of nitro benzene ring substituents is 1. The topological polar surface area (TPSA) is 118 Å². The SMILES string of the molecule is CC(C)(NCC(O)c1ccc([N+](=O)[O-])cc1)C(N)=O. The Morgan fingerprint density at radius 1 is 1.47 bits per heavy atom. The number of amides is 1. The number of β-amino-alcohol motifs (C(OH)–C–C–N with tert-alkyl or cyclic N) is 1. The maximum Gasteiger partial charge on any atom is 0.269 e. The van der Waals surface area contributed by atoms with Gasteiger partial charge in [0, 0.05) is 18.7 Å². The van der Waals surface area contributed by atoms with Crippen molar-refractivity contribution in [3.63, 3.8) is 0 Å². The molecule has 1 amide bonds. The van der Waals surface area contributed by atoms with Crippen LogP contribution in [0.4, 0.5) is 5.69 Å². The van der Waals surface area contributed by atoms with Crippen molar-refractivity contribution >= 4 is 11.6 Å². The number of nitro groups is 1. The first-order chi connectivity index (χ1) is 8.74. The molecule has 0 saturated heterocycles. The van der Waals surface area contributed by atoms with Crippen LogP contribution in [0.15, 0.2) is 24.3 Å². The maximum atomic E-state index is 11.1. The summed E-state index contributed by atoms with van der Waals surface area (Å²) >= 11 is 0. The summed E-state index contributed by atoms with van der Waals surface area (Å²) in [5.41, 5.74) is 4.75. The molecule has 1 aromatic carbocycles. The van der Waals surface area contributed by atoms with Gasteiger partial charge in [0.05, 0.1) is 16.6 Å².